The number of amides is 3. The zero-order chi connectivity index (χ0) is 20.5. The quantitative estimate of drug-likeness (QED) is 0.807. The van der Waals surface area contributed by atoms with Crippen molar-refractivity contribution in [3.8, 4) is 0 Å². The monoisotopic (exact) mass is 384 g/mol. The van der Waals surface area contributed by atoms with Crippen molar-refractivity contribution in [3.05, 3.63) is 59.4 Å². The predicted molar refractivity (Wildman–Crippen MR) is 103 cm³/mol. The van der Waals surface area contributed by atoms with Crippen LogP contribution in [0, 0.1) is 0 Å². The molecular formula is C21H24N2O5. The van der Waals surface area contributed by atoms with Gasteiger partial charge in [-0.2, -0.15) is 0 Å². The van der Waals surface area contributed by atoms with E-state index in [1.165, 1.54) is 4.90 Å². The van der Waals surface area contributed by atoms with E-state index in [4.69, 9.17) is 9.47 Å². The molecule has 1 N–H and O–H groups in total. The average molecular weight is 384 g/mol. The Morgan fingerprint density at radius 1 is 1.18 bits per heavy atom. The zero-order valence-electron chi connectivity index (χ0n) is 16.4. The highest BCUT2D eigenvalue weighted by molar-refractivity contribution is 6.22. The highest BCUT2D eigenvalue weighted by Crippen LogP contribution is 2.35. The van der Waals surface area contributed by atoms with Crippen molar-refractivity contribution in [1.82, 2.24) is 10.2 Å². The van der Waals surface area contributed by atoms with Crippen molar-refractivity contribution in [2.75, 3.05) is 13.7 Å². The van der Waals surface area contributed by atoms with Gasteiger partial charge in [-0.25, -0.2) is 4.79 Å². The number of carbonyl (C=O) groups is 3. The fraction of sp³-hybridized carbons (Fsp3) is 0.381. The number of nitrogens with zero attached hydrogens (tertiary/aromatic N) is 1. The first-order chi connectivity index (χ1) is 13.2. The number of imide groups is 1. The van der Waals surface area contributed by atoms with E-state index in [9.17, 15) is 14.4 Å². The Hall–Kier alpha value is -3.09. The summed E-state index contributed by atoms with van der Waals surface area (Å²) < 4.78 is 10.5. The van der Waals surface area contributed by atoms with Crippen LogP contribution in [-0.2, 0) is 9.47 Å². The number of allylic oxidation sites excluding steroid dienone is 1. The van der Waals surface area contributed by atoms with Crippen molar-refractivity contribution < 1.29 is 23.9 Å². The predicted octanol–water partition coefficient (Wildman–Crippen LogP) is 3.04. The maximum absolute atomic E-state index is 13.0. The molecule has 1 aliphatic carbocycles. The van der Waals surface area contributed by atoms with Crippen LogP contribution in [0.4, 0.5) is 4.79 Å². The molecule has 1 aliphatic heterocycles. The van der Waals surface area contributed by atoms with Gasteiger partial charge in [-0.15, -0.1) is 0 Å². The van der Waals surface area contributed by atoms with Gasteiger partial charge in [0.25, 0.3) is 11.8 Å². The van der Waals surface area contributed by atoms with Gasteiger partial charge in [0.1, 0.15) is 11.4 Å². The fourth-order valence-electron chi connectivity index (χ4n) is 3.31. The Kier molecular flexibility index (Phi) is 5.02. The molecule has 0 fully saturated rings. The van der Waals surface area contributed by atoms with E-state index in [0.29, 0.717) is 23.3 Å². The van der Waals surface area contributed by atoms with Crippen LogP contribution in [0.25, 0.3) is 0 Å². The lowest BCUT2D eigenvalue weighted by Gasteiger charge is -2.39. The van der Waals surface area contributed by atoms with Crippen LogP contribution in [0.2, 0.25) is 0 Å². The third-order valence-electron chi connectivity index (χ3n) is 4.63. The highest BCUT2D eigenvalue weighted by atomic mass is 16.6. The number of benzene rings is 1. The van der Waals surface area contributed by atoms with Crippen molar-refractivity contribution in [2.45, 2.75) is 38.3 Å². The van der Waals surface area contributed by atoms with Gasteiger partial charge in [0.2, 0.25) is 0 Å². The SMILES string of the molecule is COC1=CCC(CNC(=O)OC(C)(C)C)(N2C(=O)c3ccccc3C2=O)C=C1. The maximum atomic E-state index is 13.0. The molecule has 1 heterocycles. The molecule has 0 aromatic heterocycles. The van der Waals surface area contributed by atoms with Gasteiger partial charge in [-0.1, -0.05) is 18.2 Å². The number of hydrogen-bond acceptors (Lipinski definition) is 5. The number of fused-ring (bicyclic) bond motifs is 1. The van der Waals surface area contributed by atoms with E-state index < -0.39 is 17.2 Å². The Balaban J connectivity index is 1.90. The molecule has 28 heavy (non-hydrogen) atoms. The highest BCUT2D eigenvalue weighted by Gasteiger charge is 2.48. The third-order valence-corrected chi connectivity index (χ3v) is 4.63. The summed E-state index contributed by atoms with van der Waals surface area (Å²) >= 11 is 0. The Morgan fingerprint density at radius 2 is 1.79 bits per heavy atom. The minimum absolute atomic E-state index is 0.0252. The van der Waals surface area contributed by atoms with Gasteiger partial charge in [-0.05, 0) is 51.5 Å². The van der Waals surface area contributed by atoms with Gasteiger partial charge >= 0.3 is 6.09 Å². The first-order valence-corrected chi connectivity index (χ1v) is 9.05. The van der Waals surface area contributed by atoms with E-state index >= 15 is 0 Å². The van der Waals surface area contributed by atoms with Gasteiger partial charge < -0.3 is 14.8 Å². The summed E-state index contributed by atoms with van der Waals surface area (Å²) in [6.07, 6.45) is 4.92. The third kappa shape index (κ3) is 3.65. The number of hydrogen-bond donors (Lipinski definition) is 1. The average Bonchev–Trinajstić information content (AvgIpc) is 2.91. The fourth-order valence-corrected chi connectivity index (χ4v) is 3.31. The van der Waals surface area contributed by atoms with Crippen molar-refractivity contribution in [2.24, 2.45) is 0 Å². The van der Waals surface area contributed by atoms with E-state index in [2.05, 4.69) is 5.32 Å². The second-order valence-corrected chi connectivity index (χ2v) is 7.80. The van der Waals surface area contributed by atoms with Gasteiger partial charge in [-0.3, -0.25) is 14.5 Å². The van der Waals surface area contributed by atoms with E-state index in [0.717, 1.165) is 0 Å². The van der Waals surface area contributed by atoms with Gasteiger partial charge in [0.15, 0.2) is 0 Å². The van der Waals surface area contributed by atoms with Crippen molar-refractivity contribution in [1.29, 1.82) is 0 Å². The molecule has 7 nitrogen and oxygen atoms in total. The molecule has 3 amide bonds. The summed E-state index contributed by atoms with van der Waals surface area (Å²) in [5.41, 5.74) is -0.983. The molecule has 1 atom stereocenters. The smallest absolute Gasteiger partial charge is 0.407 e. The Morgan fingerprint density at radius 3 is 2.25 bits per heavy atom. The van der Waals surface area contributed by atoms with Crippen LogP contribution in [0.5, 0.6) is 0 Å². The molecule has 0 spiro atoms. The van der Waals surface area contributed by atoms with Crippen molar-refractivity contribution >= 4 is 17.9 Å². The van der Waals surface area contributed by atoms with Gasteiger partial charge in [0, 0.05) is 6.54 Å². The first-order valence-electron chi connectivity index (χ1n) is 9.05. The molecule has 0 saturated carbocycles. The number of carbonyl (C=O) groups excluding carboxylic acids is 3. The Labute approximate surface area is 164 Å². The van der Waals surface area contributed by atoms with Crippen LogP contribution in [0.3, 0.4) is 0 Å². The van der Waals surface area contributed by atoms with E-state index in [-0.39, 0.29) is 18.4 Å². The number of rotatable bonds is 4. The summed E-state index contributed by atoms with van der Waals surface area (Å²) in [5, 5.41) is 2.70. The lowest BCUT2D eigenvalue weighted by Crippen LogP contribution is -2.57. The van der Waals surface area contributed by atoms with Crippen LogP contribution in [0.1, 0.15) is 47.9 Å². The minimum atomic E-state index is -1.05. The maximum Gasteiger partial charge on any atom is 0.407 e. The van der Waals surface area contributed by atoms with Crippen LogP contribution in [-0.4, -0.2) is 47.6 Å². The molecular weight excluding hydrogens is 360 g/mol. The summed E-state index contributed by atoms with van der Waals surface area (Å²) in [5.74, 6) is -0.138. The molecule has 2 aliphatic rings. The van der Waals surface area contributed by atoms with Crippen molar-refractivity contribution in [3.63, 3.8) is 0 Å². The van der Waals surface area contributed by atoms with Crippen LogP contribution in [0.15, 0.2) is 48.3 Å². The molecule has 148 valence electrons. The number of alkyl carbamates (subject to hydrolysis) is 1. The van der Waals surface area contributed by atoms with Crippen LogP contribution < -0.4 is 5.32 Å². The summed E-state index contributed by atoms with van der Waals surface area (Å²) in [6, 6.07) is 6.71. The van der Waals surface area contributed by atoms with E-state index in [1.54, 1.807) is 70.4 Å². The summed E-state index contributed by atoms with van der Waals surface area (Å²) in [6.45, 7) is 5.32. The topological polar surface area (TPSA) is 84.9 Å². The summed E-state index contributed by atoms with van der Waals surface area (Å²) in [4.78, 5) is 39.4. The lowest BCUT2D eigenvalue weighted by molar-refractivity contribution is 0.0405. The van der Waals surface area contributed by atoms with Gasteiger partial charge in [0.05, 0.1) is 23.8 Å². The summed E-state index contributed by atoms with van der Waals surface area (Å²) in [7, 11) is 1.55. The Bertz CT molecular complexity index is 846. The molecule has 7 heteroatoms. The minimum Gasteiger partial charge on any atom is -0.497 e. The zero-order valence-corrected chi connectivity index (χ0v) is 16.4. The second kappa shape index (κ2) is 7.14. The first kappa shape index (κ1) is 19.7. The largest absolute Gasteiger partial charge is 0.497 e. The molecule has 0 radical (unpaired) electrons. The molecule has 0 bridgehead atoms. The second-order valence-electron chi connectivity index (χ2n) is 7.80. The molecule has 1 aromatic rings. The molecule has 1 unspecified atom stereocenters. The van der Waals surface area contributed by atoms with E-state index in [1.807, 2.05) is 0 Å². The molecule has 1 aromatic carbocycles. The molecule has 3 rings (SSSR count). The number of ether oxygens (including phenoxy) is 2. The lowest BCUT2D eigenvalue weighted by atomic mass is 9.88. The number of nitrogens with one attached hydrogen (secondary N) is 1. The molecule has 0 saturated heterocycles. The van der Waals surface area contributed by atoms with Crippen LogP contribution >= 0.6 is 0 Å². The number of methoxy groups -OCH3 is 1. The normalized spacial score (nSPS) is 21.3. The standard InChI is InChI=1S/C21H24N2O5/c1-20(2,3)28-19(26)22-13-21(11-9-14(27-4)10-12-21)23-17(24)15-7-5-6-8-16(15)18(23)25/h5-11H,12-13H2,1-4H3,(H,22,26).